The number of hydrogen-bond acceptors (Lipinski definition) is 6. The Labute approximate surface area is 201 Å². The minimum absolute atomic E-state index is 0.0149. The largest absolute Gasteiger partial charge is 0.497 e. The van der Waals surface area contributed by atoms with E-state index < -0.39 is 10.0 Å². The molecule has 0 bridgehead atoms. The van der Waals surface area contributed by atoms with Crippen LogP contribution >= 0.6 is 0 Å². The lowest BCUT2D eigenvalue weighted by atomic mass is 9.97. The molecule has 184 valence electrons. The van der Waals surface area contributed by atoms with Crippen molar-refractivity contribution >= 4 is 15.9 Å². The lowest BCUT2D eigenvalue weighted by molar-refractivity contribution is -0.126. The Morgan fingerprint density at radius 1 is 0.971 bits per heavy atom. The molecule has 1 amide bonds. The lowest BCUT2D eigenvalue weighted by Crippen LogP contribution is -2.42. The van der Waals surface area contributed by atoms with E-state index >= 15 is 0 Å². The Bertz CT molecular complexity index is 1040. The zero-order valence-electron chi connectivity index (χ0n) is 19.6. The summed E-state index contributed by atoms with van der Waals surface area (Å²) in [5.41, 5.74) is 2.31. The van der Waals surface area contributed by atoms with E-state index in [0.29, 0.717) is 38.2 Å². The van der Waals surface area contributed by atoms with Crippen LogP contribution in [-0.4, -0.2) is 70.0 Å². The number of carbonyl (C=O) groups excluding carboxylic acids is 1. The van der Waals surface area contributed by atoms with Gasteiger partial charge in [-0.05, 0) is 48.2 Å². The maximum atomic E-state index is 12.9. The van der Waals surface area contributed by atoms with Crippen molar-refractivity contribution in [1.82, 2.24) is 14.5 Å². The topological polar surface area (TPSA) is 88.2 Å². The van der Waals surface area contributed by atoms with Crippen LogP contribution in [0.3, 0.4) is 0 Å². The molecule has 2 aliphatic rings. The molecule has 0 unspecified atom stereocenters. The first kappa shape index (κ1) is 24.7. The fraction of sp³-hybridized carbons (Fsp3) is 0.480. The lowest BCUT2D eigenvalue weighted by Gasteiger charge is -2.30. The summed E-state index contributed by atoms with van der Waals surface area (Å²) in [7, 11) is -2.03. The van der Waals surface area contributed by atoms with Gasteiger partial charge in [-0.15, -0.1) is 0 Å². The number of sulfonamides is 1. The van der Waals surface area contributed by atoms with Gasteiger partial charge >= 0.3 is 0 Å². The number of hydrogen-bond donors (Lipinski definition) is 1. The predicted octanol–water partition coefficient (Wildman–Crippen LogP) is 2.24. The molecule has 0 spiro atoms. The summed E-state index contributed by atoms with van der Waals surface area (Å²) in [4.78, 5) is 15.3. The fourth-order valence-corrected chi connectivity index (χ4v) is 5.84. The first-order chi connectivity index (χ1) is 16.5. The third-order valence-corrected chi connectivity index (χ3v) is 8.43. The van der Waals surface area contributed by atoms with Crippen LogP contribution < -0.4 is 10.1 Å². The average Bonchev–Trinajstić information content (AvgIpc) is 2.89. The highest BCUT2D eigenvalue weighted by Gasteiger charge is 2.32. The molecule has 8 nitrogen and oxygen atoms in total. The van der Waals surface area contributed by atoms with Gasteiger partial charge in [-0.2, -0.15) is 4.31 Å². The van der Waals surface area contributed by atoms with Crippen LogP contribution in [0.5, 0.6) is 5.75 Å². The molecule has 2 heterocycles. The van der Waals surface area contributed by atoms with Crippen LogP contribution in [-0.2, 0) is 32.6 Å². The highest BCUT2D eigenvalue weighted by Crippen LogP contribution is 2.25. The van der Waals surface area contributed by atoms with E-state index in [-0.39, 0.29) is 16.7 Å². The molecule has 9 heteroatoms. The van der Waals surface area contributed by atoms with E-state index in [4.69, 9.17) is 9.47 Å². The molecule has 2 aliphatic heterocycles. The van der Waals surface area contributed by atoms with Crippen molar-refractivity contribution in [1.29, 1.82) is 0 Å². The van der Waals surface area contributed by atoms with Gasteiger partial charge in [0.05, 0.1) is 25.2 Å². The first-order valence-corrected chi connectivity index (χ1v) is 13.2. The smallest absolute Gasteiger partial charge is 0.243 e. The molecule has 0 aliphatic carbocycles. The third kappa shape index (κ3) is 6.15. The molecule has 2 fully saturated rings. The van der Waals surface area contributed by atoms with Crippen molar-refractivity contribution in [2.24, 2.45) is 5.92 Å². The van der Waals surface area contributed by atoms with Crippen LogP contribution in [0.25, 0.3) is 0 Å². The number of piperidine rings is 1. The van der Waals surface area contributed by atoms with E-state index in [1.807, 2.05) is 0 Å². The molecule has 0 atom stereocenters. The quantitative estimate of drug-likeness (QED) is 0.615. The number of ether oxygens (including phenoxy) is 2. The molecule has 2 aromatic carbocycles. The summed E-state index contributed by atoms with van der Waals surface area (Å²) >= 11 is 0. The minimum Gasteiger partial charge on any atom is -0.497 e. The second-order valence-corrected chi connectivity index (χ2v) is 10.7. The van der Waals surface area contributed by atoms with Gasteiger partial charge in [-0.1, -0.05) is 24.3 Å². The zero-order valence-corrected chi connectivity index (χ0v) is 20.4. The van der Waals surface area contributed by atoms with Gasteiger partial charge in [0.25, 0.3) is 0 Å². The number of methoxy groups -OCH3 is 1. The van der Waals surface area contributed by atoms with E-state index in [0.717, 1.165) is 38.4 Å². The number of amides is 1. The molecule has 2 saturated heterocycles. The molecule has 0 radical (unpaired) electrons. The summed E-state index contributed by atoms with van der Waals surface area (Å²) in [6.45, 7) is 5.55. The van der Waals surface area contributed by atoms with Crippen LogP contribution in [0.2, 0.25) is 0 Å². The SMILES string of the molecule is COc1ccc(S(=O)(=O)N2CCC(C(=O)NCc3ccc(CN4CCOCC4)cc3)CC2)cc1. The van der Waals surface area contributed by atoms with Crippen LogP contribution in [0.1, 0.15) is 24.0 Å². The molecule has 0 saturated carbocycles. The number of morpholine rings is 1. The standard InChI is InChI=1S/C25H33N3O5S/c1-32-23-6-8-24(9-7-23)34(30,31)28-12-10-22(11-13-28)25(29)26-18-20-2-4-21(5-3-20)19-27-14-16-33-17-15-27/h2-9,22H,10-19H2,1H3,(H,26,29). The van der Waals surface area contributed by atoms with Crippen molar-refractivity contribution in [3.05, 3.63) is 59.7 Å². The van der Waals surface area contributed by atoms with E-state index in [1.54, 1.807) is 31.4 Å². The normalized spacial score (nSPS) is 18.5. The maximum absolute atomic E-state index is 12.9. The zero-order chi connectivity index (χ0) is 24.0. The third-order valence-electron chi connectivity index (χ3n) is 6.52. The van der Waals surface area contributed by atoms with Crippen molar-refractivity contribution in [2.75, 3.05) is 46.5 Å². The fourth-order valence-electron chi connectivity index (χ4n) is 4.37. The number of nitrogens with zero attached hydrogens (tertiary/aromatic N) is 2. The second-order valence-electron chi connectivity index (χ2n) is 8.78. The Hall–Kier alpha value is -2.46. The number of benzene rings is 2. The average molecular weight is 488 g/mol. The van der Waals surface area contributed by atoms with Gasteiger partial charge in [0, 0.05) is 45.2 Å². The highest BCUT2D eigenvalue weighted by molar-refractivity contribution is 7.89. The Kier molecular flexibility index (Phi) is 8.20. The van der Waals surface area contributed by atoms with Crippen molar-refractivity contribution in [3.63, 3.8) is 0 Å². The number of nitrogens with one attached hydrogen (secondary N) is 1. The van der Waals surface area contributed by atoms with Gasteiger partial charge in [0.15, 0.2) is 0 Å². The molecule has 4 rings (SSSR count). The monoisotopic (exact) mass is 487 g/mol. The van der Waals surface area contributed by atoms with Crippen molar-refractivity contribution < 1.29 is 22.7 Å². The summed E-state index contributed by atoms with van der Waals surface area (Å²) in [5.74, 6) is 0.419. The summed E-state index contributed by atoms with van der Waals surface area (Å²) in [6, 6.07) is 14.7. The van der Waals surface area contributed by atoms with Crippen molar-refractivity contribution in [2.45, 2.75) is 30.8 Å². The van der Waals surface area contributed by atoms with Crippen LogP contribution in [0.15, 0.2) is 53.4 Å². The van der Waals surface area contributed by atoms with E-state index in [2.05, 4.69) is 34.5 Å². The van der Waals surface area contributed by atoms with E-state index in [9.17, 15) is 13.2 Å². The maximum Gasteiger partial charge on any atom is 0.243 e. The molecule has 1 N–H and O–H groups in total. The van der Waals surface area contributed by atoms with Gasteiger partial charge in [-0.3, -0.25) is 9.69 Å². The Balaban J connectivity index is 1.23. The van der Waals surface area contributed by atoms with Gasteiger partial charge < -0.3 is 14.8 Å². The second kappa shape index (κ2) is 11.3. The van der Waals surface area contributed by atoms with Gasteiger partial charge in [0.1, 0.15) is 5.75 Å². The highest BCUT2D eigenvalue weighted by atomic mass is 32.2. The van der Waals surface area contributed by atoms with Crippen LogP contribution in [0, 0.1) is 5.92 Å². The molecule has 2 aromatic rings. The van der Waals surface area contributed by atoms with Gasteiger partial charge in [-0.25, -0.2) is 8.42 Å². The number of rotatable bonds is 8. The first-order valence-electron chi connectivity index (χ1n) is 11.8. The molecular weight excluding hydrogens is 454 g/mol. The minimum atomic E-state index is -3.57. The molecule has 34 heavy (non-hydrogen) atoms. The molecular formula is C25H33N3O5S. The van der Waals surface area contributed by atoms with Gasteiger partial charge in [0.2, 0.25) is 15.9 Å². The molecule has 0 aromatic heterocycles. The summed E-state index contributed by atoms with van der Waals surface area (Å²) < 4.78 is 37.8. The van der Waals surface area contributed by atoms with Crippen molar-refractivity contribution in [3.8, 4) is 5.75 Å². The summed E-state index contributed by atoms with van der Waals surface area (Å²) in [5, 5.41) is 3.02. The van der Waals surface area contributed by atoms with Crippen LogP contribution in [0.4, 0.5) is 0 Å². The predicted molar refractivity (Wildman–Crippen MR) is 129 cm³/mol. The van der Waals surface area contributed by atoms with E-state index in [1.165, 1.54) is 9.87 Å². The summed E-state index contributed by atoms with van der Waals surface area (Å²) in [6.07, 6.45) is 1.03. The Morgan fingerprint density at radius 2 is 1.59 bits per heavy atom. The number of carbonyl (C=O) groups is 1. The Morgan fingerprint density at radius 3 is 2.21 bits per heavy atom.